The van der Waals surface area contributed by atoms with E-state index in [-0.39, 0.29) is 0 Å². The van der Waals surface area contributed by atoms with Crippen LogP contribution in [0.1, 0.15) is 0 Å². The van der Waals surface area contributed by atoms with Crippen molar-refractivity contribution in [3.8, 4) is 11.1 Å². The van der Waals surface area contributed by atoms with E-state index in [9.17, 15) is 10.0 Å². The molecule has 3 nitrogen and oxygen atoms in total. The Morgan fingerprint density at radius 1 is 0.500 bits per heavy atom. The highest BCUT2D eigenvalue weighted by molar-refractivity contribution is 6.62. The van der Waals surface area contributed by atoms with Gasteiger partial charge in [0.25, 0.3) is 0 Å². The zero-order valence-corrected chi connectivity index (χ0v) is 19.2. The van der Waals surface area contributed by atoms with Crippen molar-refractivity contribution >= 4 is 77.6 Å². The molecule has 0 spiro atoms. The third-order valence-corrected chi connectivity index (χ3v) is 7.63. The van der Waals surface area contributed by atoms with Gasteiger partial charge in [0.15, 0.2) is 0 Å². The molecule has 0 aliphatic rings. The monoisotopic (exact) mass is 462 g/mol. The van der Waals surface area contributed by atoms with Gasteiger partial charge in [-0.05, 0) is 83.9 Å². The first-order chi connectivity index (χ1) is 17.7. The second-order valence-electron chi connectivity index (χ2n) is 9.57. The molecule has 4 heteroatoms. The van der Waals surface area contributed by atoms with Gasteiger partial charge >= 0.3 is 7.12 Å². The van der Waals surface area contributed by atoms with Gasteiger partial charge in [-0.25, -0.2) is 0 Å². The van der Waals surface area contributed by atoms with Crippen LogP contribution < -0.4 is 5.46 Å². The van der Waals surface area contributed by atoms with Crippen LogP contribution in [0.15, 0.2) is 108 Å². The fourth-order valence-electron chi connectivity index (χ4n) is 5.93. The van der Waals surface area contributed by atoms with Crippen LogP contribution in [0.25, 0.3) is 76.2 Å². The summed E-state index contributed by atoms with van der Waals surface area (Å²) in [4.78, 5) is 0. The standard InChI is InChI=1S/C32H19BO3/c34-33(35)28-14-9-19-6-12-25-23(10-5-18-7-13-26(28)32(19)31(18)25)22-8-11-24-27-15-20-3-1-2-4-21(20)16-30(27)36-29(24)17-22/h1-17,34-35H. The van der Waals surface area contributed by atoms with Gasteiger partial charge < -0.3 is 14.5 Å². The summed E-state index contributed by atoms with van der Waals surface area (Å²) in [5, 5.41) is 31.0. The fourth-order valence-corrected chi connectivity index (χ4v) is 5.93. The molecule has 0 aliphatic carbocycles. The molecule has 0 amide bonds. The van der Waals surface area contributed by atoms with Crippen molar-refractivity contribution < 1.29 is 14.5 Å². The van der Waals surface area contributed by atoms with Gasteiger partial charge in [0.2, 0.25) is 0 Å². The lowest BCUT2D eigenvalue weighted by atomic mass is 9.75. The van der Waals surface area contributed by atoms with Crippen molar-refractivity contribution in [3.63, 3.8) is 0 Å². The molecular weight excluding hydrogens is 443 g/mol. The average Bonchev–Trinajstić information content (AvgIpc) is 3.26. The van der Waals surface area contributed by atoms with Crippen molar-refractivity contribution in [2.75, 3.05) is 0 Å². The molecule has 168 valence electrons. The summed E-state index contributed by atoms with van der Waals surface area (Å²) in [5.41, 5.74) is 4.50. The van der Waals surface area contributed by atoms with Crippen LogP contribution in [0.5, 0.6) is 0 Å². The number of hydrogen-bond acceptors (Lipinski definition) is 3. The van der Waals surface area contributed by atoms with E-state index >= 15 is 0 Å². The van der Waals surface area contributed by atoms with Gasteiger partial charge in [-0.3, -0.25) is 0 Å². The fraction of sp³-hybridized carbons (Fsp3) is 0. The molecule has 36 heavy (non-hydrogen) atoms. The topological polar surface area (TPSA) is 53.6 Å². The molecule has 7 aromatic carbocycles. The lowest BCUT2D eigenvalue weighted by molar-refractivity contribution is 0.426. The van der Waals surface area contributed by atoms with Crippen LogP contribution in [-0.2, 0) is 0 Å². The third-order valence-electron chi connectivity index (χ3n) is 7.63. The number of furan rings is 1. The van der Waals surface area contributed by atoms with E-state index in [1.54, 1.807) is 6.07 Å². The minimum absolute atomic E-state index is 0.526. The molecule has 0 saturated carbocycles. The maximum absolute atomic E-state index is 9.95. The average molecular weight is 462 g/mol. The molecule has 2 N–H and O–H groups in total. The summed E-state index contributed by atoms with van der Waals surface area (Å²) >= 11 is 0. The molecule has 0 bridgehead atoms. The zero-order valence-electron chi connectivity index (χ0n) is 19.2. The Kier molecular flexibility index (Phi) is 3.91. The van der Waals surface area contributed by atoms with Crippen molar-refractivity contribution in [1.29, 1.82) is 0 Å². The summed E-state index contributed by atoms with van der Waals surface area (Å²) in [6.45, 7) is 0. The minimum atomic E-state index is -1.51. The van der Waals surface area contributed by atoms with Gasteiger partial charge in [0.1, 0.15) is 11.2 Å². The summed E-state index contributed by atoms with van der Waals surface area (Å²) in [6, 6.07) is 35.6. The highest BCUT2D eigenvalue weighted by Gasteiger charge is 2.19. The smallest absolute Gasteiger partial charge is 0.456 e. The van der Waals surface area contributed by atoms with Crippen molar-refractivity contribution in [2.45, 2.75) is 0 Å². The third kappa shape index (κ3) is 2.65. The van der Waals surface area contributed by atoms with Crippen molar-refractivity contribution in [3.05, 3.63) is 103 Å². The largest absolute Gasteiger partial charge is 0.489 e. The van der Waals surface area contributed by atoms with E-state index in [0.717, 1.165) is 65.4 Å². The van der Waals surface area contributed by atoms with E-state index in [1.165, 1.54) is 10.8 Å². The van der Waals surface area contributed by atoms with Gasteiger partial charge in [-0.2, -0.15) is 0 Å². The highest BCUT2D eigenvalue weighted by Crippen LogP contribution is 2.40. The predicted octanol–water partition coefficient (Wildman–Crippen LogP) is 6.98. The van der Waals surface area contributed by atoms with E-state index in [2.05, 4.69) is 78.9 Å². The second-order valence-corrected chi connectivity index (χ2v) is 9.57. The first-order valence-corrected chi connectivity index (χ1v) is 12.1. The molecule has 0 atom stereocenters. The Labute approximate surface area is 206 Å². The second kappa shape index (κ2) is 7.08. The lowest BCUT2D eigenvalue weighted by Gasteiger charge is -2.16. The van der Waals surface area contributed by atoms with Crippen LogP contribution in [0.3, 0.4) is 0 Å². The molecule has 0 saturated heterocycles. The summed E-state index contributed by atoms with van der Waals surface area (Å²) < 4.78 is 6.33. The summed E-state index contributed by atoms with van der Waals surface area (Å²) in [5.74, 6) is 0. The molecule has 1 aromatic heterocycles. The Bertz CT molecular complexity index is 2140. The molecule has 1 heterocycles. The van der Waals surface area contributed by atoms with Crippen LogP contribution in [0.4, 0.5) is 0 Å². The zero-order chi connectivity index (χ0) is 24.0. The van der Waals surface area contributed by atoms with Crippen LogP contribution in [-0.4, -0.2) is 17.2 Å². The van der Waals surface area contributed by atoms with Gasteiger partial charge in [-0.1, -0.05) is 78.9 Å². The van der Waals surface area contributed by atoms with E-state index < -0.39 is 7.12 Å². The summed E-state index contributed by atoms with van der Waals surface area (Å²) in [7, 11) is -1.51. The Balaban J connectivity index is 1.40. The molecule has 0 fully saturated rings. The minimum Gasteiger partial charge on any atom is -0.456 e. The number of benzene rings is 7. The lowest BCUT2D eigenvalue weighted by Crippen LogP contribution is -2.30. The molecule has 0 radical (unpaired) electrons. The van der Waals surface area contributed by atoms with E-state index in [4.69, 9.17) is 4.42 Å². The Hall–Kier alpha value is -4.38. The molecular formula is C32H19BO3. The van der Waals surface area contributed by atoms with Crippen LogP contribution >= 0.6 is 0 Å². The van der Waals surface area contributed by atoms with Crippen LogP contribution in [0.2, 0.25) is 0 Å². The van der Waals surface area contributed by atoms with Crippen molar-refractivity contribution in [1.82, 2.24) is 0 Å². The predicted molar refractivity (Wildman–Crippen MR) is 150 cm³/mol. The normalized spacial score (nSPS) is 12.2. The van der Waals surface area contributed by atoms with Crippen LogP contribution in [0, 0.1) is 0 Å². The van der Waals surface area contributed by atoms with E-state index in [0.29, 0.717) is 5.46 Å². The number of fused-ring (bicyclic) bond motifs is 4. The molecule has 0 unspecified atom stereocenters. The molecule has 8 aromatic rings. The maximum Gasteiger partial charge on any atom is 0.489 e. The highest BCUT2D eigenvalue weighted by atomic mass is 16.4. The SMILES string of the molecule is OB(O)c1ccc2ccc3c(-c4ccc5c(c4)oc4cc6ccccc6cc45)ccc4ccc1c2c43. The number of rotatable bonds is 2. The van der Waals surface area contributed by atoms with Gasteiger partial charge in [-0.15, -0.1) is 0 Å². The van der Waals surface area contributed by atoms with Crippen molar-refractivity contribution in [2.24, 2.45) is 0 Å². The first-order valence-electron chi connectivity index (χ1n) is 12.1. The number of hydrogen-bond donors (Lipinski definition) is 2. The van der Waals surface area contributed by atoms with E-state index in [1.807, 2.05) is 18.2 Å². The first kappa shape index (κ1) is 19.9. The molecule has 0 aliphatic heterocycles. The van der Waals surface area contributed by atoms with Gasteiger partial charge in [0.05, 0.1) is 0 Å². The molecule has 8 rings (SSSR count). The summed E-state index contributed by atoms with van der Waals surface area (Å²) in [6.07, 6.45) is 0. The Morgan fingerprint density at radius 2 is 1.14 bits per heavy atom. The Morgan fingerprint density at radius 3 is 1.94 bits per heavy atom. The van der Waals surface area contributed by atoms with Gasteiger partial charge in [0, 0.05) is 10.8 Å². The maximum atomic E-state index is 9.95. The quantitative estimate of drug-likeness (QED) is 0.215.